The number of carbonyl (C=O) groups is 1. The molecule has 0 radical (unpaired) electrons. The van der Waals surface area contributed by atoms with E-state index < -0.39 is 4.92 Å². The van der Waals surface area contributed by atoms with Gasteiger partial charge in [0.15, 0.2) is 5.78 Å². The van der Waals surface area contributed by atoms with E-state index in [0.29, 0.717) is 18.6 Å². The van der Waals surface area contributed by atoms with Crippen molar-refractivity contribution in [2.24, 2.45) is 0 Å². The average Bonchev–Trinajstić information content (AvgIpc) is 2.65. The molecular formula is C21H21NO4. The smallest absolute Gasteiger partial charge is 0.280 e. The quantitative estimate of drug-likeness (QED) is 0.270. The molecule has 2 aromatic carbocycles. The van der Waals surface area contributed by atoms with Crippen LogP contribution in [0.5, 0.6) is 0 Å². The standard InChI is InChI=1S/C21H21NO4/c1-3-26-16(2)9-7-8-10-17-13-14-20(22(24)25)19(15-17)21(23)18-11-5-4-6-12-18/h4-6,8,10-15H,2-3,7,9H2,1H3/b10-8+. The summed E-state index contributed by atoms with van der Waals surface area (Å²) in [4.78, 5) is 23.4. The zero-order valence-electron chi connectivity index (χ0n) is 14.7. The van der Waals surface area contributed by atoms with Gasteiger partial charge < -0.3 is 4.74 Å². The van der Waals surface area contributed by atoms with Gasteiger partial charge in [0, 0.05) is 18.1 Å². The van der Waals surface area contributed by atoms with Crippen LogP contribution in [0.3, 0.4) is 0 Å². The van der Waals surface area contributed by atoms with E-state index in [1.54, 1.807) is 42.5 Å². The Morgan fingerprint density at radius 3 is 2.62 bits per heavy atom. The van der Waals surface area contributed by atoms with E-state index >= 15 is 0 Å². The SMILES string of the molecule is C=C(CC/C=C/c1ccc([N+](=O)[O-])c(C(=O)c2ccccc2)c1)OCC. The molecule has 2 rings (SSSR count). The van der Waals surface area contributed by atoms with Crippen molar-refractivity contribution in [1.82, 2.24) is 0 Å². The molecule has 0 amide bonds. The van der Waals surface area contributed by atoms with Crippen molar-refractivity contribution in [3.8, 4) is 0 Å². The number of nitro benzene ring substituents is 1. The Morgan fingerprint density at radius 2 is 1.96 bits per heavy atom. The molecule has 0 aliphatic rings. The fraction of sp³-hybridized carbons (Fsp3) is 0.190. The number of nitrogens with zero attached hydrogens (tertiary/aromatic N) is 1. The lowest BCUT2D eigenvalue weighted by Crippen LogP contribution is -2.05. The number of rotatable bonds is 9. The highest BCUT2D eigenvalue weighted by atomic mass is 16.6. The third-order valence-electron chi connectivity index (χ3n) is 3.75. The molecule has 0 spiro atoms. The van der Waals surface area contributed by atoms with Crippen molar-refractivity contribution in [1.29, 1.82) is 0 Å². The van der Waals surface area contributed by atoms with Crippen LogP contribution < -0.4 is 0 Å². The molecule has 0 N–H and O–H groups in total. The van der Waals surface area contributed by atoms with Gasteiger partial charge in [0.1, 0.15) is 5.56 Å². The maximum atomic E-state index is 12.7. The molecule has 0 saturated heterocycles. The zero-order chi connectivity index (χ0) is 18.9. The fourth-order valence-corrected chi connectivity index (χ4v) is 2.48. The van der Waals surface area contributed by atoms with Crippen molar-refractivity contribution in [3.63, 3.8) is 0 Å². The van der Waals surface area contributed by atoms with E-state index in [9.17, 15) is 14.9 Å². The Balaban J connectivity index is 2.21. The van der Waals surface area contributed by atoms with Gasteiger partial charge in [0.2, 0.25) is 0 Å². The Bertz CT molecular complexity index is 825. The third-order valence-corrected chi connectivity index (χ3v) is 3.75. The molecule has 26 heavy (non-hydrogen) atoms. The largest absolute Gasteiger partial charge is 0.499 e. The first kappa shape index (κ1) is 19.1. The highest BCUT2D eigenvalue weighted by molar-refractivity contribution is 6.11. The third kappa shape index (κ3) is 5.14. The minimum atomic E-state index is -0.532. The van der Waals surface area contributed by atoms with E-state index in [1.165, 1.54) is 6.07 Å². The summed E-state index contributed by atoms with van der Waals surface area (Å²) in [5.74, 6) is 0.359. The van der Waals surface area contributed by atoms with Gasteiger partial charge >= 0.3 is 0 Å². The van der Waals surface area contributed by atoms with Crippen LogP contribution in [0.4, 0.5) is 5.69 Å². The lowest BCUT2D eigenvalue weighted by molar-refractivity contribution is -0.385. The van der Waals surface area contributed by atoms with Gasteiger partial charge in [-0.25, -0.2) is 0 Å². The van der Waals surface area contributed by atoms with E-state index in [-0.39, 0.29) is 17.0 Å². The van der Waals surface area contributed by atoms with Crippen LogP contribution in [0.15, 0.2) is 66.9 Å². The molecule has 0 bridgehead atoms. The van der Waals surface area contributed by atoms with E-state index in [1.807, 2.05) is 19.1 Å². The van der Waals surface area contributed by atoms with E-state index in [4.69, 9.17) is 4.74 Å². The Kier molecular flexibility index (Phi) is 6.85. The molecule has 134 valence electrons. The summed E-state index contributed by atoms with van der Waals surface area (Å²) in [7, 11) is 0. The van der Waals surface area contributed by atoms with Crippen molar-refractivity contribution in [3.05, 3.63) is 93.7 Å². The molecule has 0 aromatic heterocycles. The second-order valence-electron chi connectivity index (χ2n) is 5.64. The number of ketones is 1. The molecule has 0 atom stereocenters. The zero-order valence-corrected chi connectivity index (χ0v) is 14.7. The second-order valence-corrected chi connectivity index (χ2v) is 5.64. The lowest BCUT2D eigenvalue weighted by atomic mass is 9.99. The summed E-state index contributed by atoms with van der Waals surface area (Å²) in [6.07, 6.45) is 5.21. The monoisotopic (exact) mass is 351 g/mol. The van der Waals surface area contributed by atoms with Crippen LogP contribution >= 0.6 is 0 Å². The number of hydrogen-bond donors (Lipinski definition) is 0. The molecule has 5 heteroatoms. The van der Waals surface area contributed by atoms with Crippen molar-refractivity contribution in [2.75, 3.05) is 6.61 Å². The molecule has 0 saturated carbocycles. The summed E-state index contributed by atoms with van der Waals surface area (Å²) < 4.78 is 5.29. The molecule has 0 aliphatic carbocycles. The Labute approximate surface area is 152 Å². The molecule has 0 unspecified atom stereocenters. The number of hydrogen-bond acceptors (Lipinski definition) is 4. The van der Waals surface area contributed by atoms with Crippen LogP contribution in [-0.4, -0.2) is 17.3 Å². The lowest BCUT2D eigenvalue weighted by Gasteiger charge is -2.05. The van der Waals surface area contributed by atoms with Crippen LogP contribution in [0.1, 0.15) is 41.3 Å². The minimum Gasteiger partial charge on any atom is -0.499 e. The number of benzene rings is 2. The predicted molar refractivity (Wildman–Crippen MR) is 102 cm³/mol. The molecule has 0 fully saturated rings. The Morgan fingerprint density at radius 1 is 1.23 bits per heavy atom. The van der Waals surface area contributed by atoms with Crippen LogP contribution in [0, 0.1) is 10.1 Å². The summed E-state index contributed by atoms with van der Waals surface area (Å²) in [5.41, 5.74) is 1.05. The molecule has 5 nitrogen and oxygen atoms in total. The first-order valence-corrected chi connectivity index (χ1v) is 8.38. The second kappa shape index (κ2) is 9.32. The molecule has 0 aliphatic heterocycles. The molecule has 2 aromatic rings. The predicted octanol–water partition coefficient (Wildman–Crippen LogP) is 5.17. The summed E-state index contributed by atoms with van der Waals surface area (Å²) in [6, 6.07) is 13.1. The van der Waals surface area contributed by atoms with Crippen molar-refractivity contribution < 1.29 is 14.5 Å². The average molecular weight is 351 g/mol. The minimum absolute atomic E-state index is 0.0853. The van der Waals surface area contributed by atoms with Gasteiger partial charge in [-0.1, -0.05) is 49.1 Å². The highest BCUT2D eigenvalue weighted by Crippen LogP contribution is 2.24. The van der Waals surface area contributed by atoms with Gasteiger partial charge in [-0.05, 0) is 31.0 Å². The number of allylic oxidation sites excluding steroid dienone is 2. The maximum Gasteiger partial charge on any atom is 0.280 e. The number of carbonyl (C=O) groups excluding carboxylic acids is 1. The first-order valence-electron chi connectivity index (χ1n) is 8.38. The summed E-state index contributed by atoms with van der Waals surface area (Å²) >= 11 is 0. The van der Waals surface area contributed by atoms with Crippen LogP contribution in [0.25, 0.3) is 6.08 Å². The normalized spacial score (nSPS) is 10.7. The Hall–Kier alpha value is -3.21. The number of ether oxygens (including phenoxy) is 1. The molecule has 0 heterocycles. The first-order chi connectivity index (χ1) is 12.5. The fourth-order valence-electron chi connectivity index (χ4n) is 2.48. The maximum absolute atomic E-state index is 12.7. The summed E-state index contributed by atoms with van der Waals surface area (Å²) in [6.45, 7) is 6.31. The van der Waals surface area contributed by atoms with E-state index in [0.717, 1.165) is 17.7 Å². The van der Waals surface area contributed by atoms with Crippen LogP contribution in [-0.2, 0) is 4.74 Å². The molecular weight excluding hydrogens is 330 g/mol. The summed E-state index contributed by atoms with van der Waals surface area (Å²) in [5, 5.41) is 11.3. The van der Waals surface area contributed by atoms with Gasteiger partial charge in [-0.15, -0.1) is 0 Å². The van der Waals surface area contributed by atoms with Gasteiger partial charge in [0.05, 0.1) is 17.3 Å². The van der Waals surface area contributed by atoms with Gasteiger partial charge in [-0.2, -0.15) is 0 Å². The van der Waals surface area contributed by atoms with E-state index in [2.05, 4.69) is 6.58 Å². The van der Waals surface area contributed by atoms with Crippen molar-refractivity contribution in [2.45, 2.75) is 19.8 Å². The number of nitro groups is 1. The van der Waals surface area contributed by atoms with Crippen molar-refractivity contribution >= 4 is 17.5 Å². The van der Waals surface area contributed by atoms with Gasteiger partial charge in [-0.3, -0.25) is 14.9 Å². The highest BCUT2D eigenvalue weighted by Gasteiger charge is 2.21. The topological polar surface area (TPSA) is 69.4 Å². The van der Waals surface area contributed by atoms with Crippen LogP contribution in [0.2, 0.25) is 0 Å². The van der Waals surface area contributed by atoms with Gasteiger partial charge in [0.25, 0.3) is 5.69 Å².